The van der Waals surface area contributed by atoms with Gasteiger partial charge < -0.3 is 13.8 Å². The van der Waals surface area contributed by atoms with Crippen LogP contribution in [0.5, 0.6) is 0 Å². The first-order valence-electron chi connectivity index (χ1n) is 10.1. The molecule has 0 unspecified atom stereocenters. The van der Waals surface area contributed by atoms with Crippen molar-refractivity contribution >= 4 is 27.9 Å². The smallest absolute Gasteiger partial charge is 0.230 e. The lowest BCUT2D eigenvalue weighted by Crippen LogP contribution is -2.33. The first-order chi connectivity index (χ1) is 14.9. The monoisotopic (exact) mass is 397 g/mol. The second-order valence-corrected chi connectivity index (χ2v) is 7.56. The maximum atomic E-state index is 6.09. The molecule has 0 spiro atoms. The molecule has 3 aromatic heterocycles. The minimum atomic E-state index is 0.249. The molecule has 1 aliphatic heterocycles. The van der Waals surface area contributed by atoms with Gasteiger partial charge in [0.05, 0.1) is 0 Å². The third-order valence-corrected chi connectivity index (χ3v) is 5.76. The molecule has 5 aromatic rings. The number of furan rings is 1. The van der Waals surface area contributed by atoms with Crippen molar-refractivity contribution in [1.29, 1.82) is 0 Å². The Morgan fingerprint density at radius 2 is 1.70 bits per heavy atom. The number of rotatable bonds is 3. The first-order valence-corrected chi connectivity index (χ1v) is 10.1. The van der Waals surface area contributed by atoms with E-state index in [4.69, 9.17) is 8.94 Å². The first kappa shape index (κ1) is 17.1. The molecule has 1 fully saturated rings. The Bertz CT molecular complexity index is 1320. The number of para-hydroxylation sites is 1. The van der Waals surface area contributed by atoms with Crippen molar-refractivity contribution in [3.05, 3.63) is 66.8 Å². The summed E-state index contributed by atoms with van der Waals surface area (Å²) in [6.07, 6.45) is 3.46. The minimum absolute atomic E-state index is 0.249. The van der Waals surface area contributed by atoms with E-state index in [1.54, 1.807) is 6.33 Å². The Balaban J connectivity index is 1.24. The number of hydrogen-bond acceptors (Lipinski definition) is 7. The van der Waals surface area contributed by atoms with Crippen LogP contribution in [-0.2, 0) is 0 Å². The van der Waals surface area contributed by atoms with Crippen molar-refractivity contribution in [3.63, 3.8) is 0 Å². The Kier molecular flexibility index (Phi) is 3.97. The lowest BCUT2D eigenvalue weighted by atomic mass is 9.96. The van der Waals surface area contributed by atoms with Crippen LogP contribution in [0.2, 0.25) is 0 Å². The van der Waals surface area contributed by atoms with Gasteiger partial charge in [0, 0.05) is 30.0 Å². The lowest BCUT2D eigenvalue weighted by molar-refractivity contribution is 0.329. The fraction of sp³-hybridized carbons (Fsp3) is 0.217. The SMILES string of the molecule is c1ccc(-c2noc(C3CCN(c4ncnc5c4oc4ccccc45)CC3)n2)cc1. The molecule has 0 bridgehead atoms. The summed E-state index contributed by atoms with van der Waals surface area (Å²) in [5, 5.41) is 5.19. The van der Waals surface area contributed by atoms with E-state index in [0.29, 0.717) is 11.7 Å². The predicted octanol–water partition coefficient (Wildman–Crippen LogP) is 4.81. The summed E-state index contributed by atoms with van der Waals surface area (Å²) in [6.45, 7) is 1.69. The molecule has 4 heterocycles. The van der Waals surface area contributed by atoms with Crippen LogP contribution in [0.4, 0.5) is 5.82 Å². The van der Waals surface area contributed by atoms with Crippen LogP contribution in [0.1, 0.15) is 24.7 Å². The zero-order valence-electron chi connectivity index (χ0n) is 16.2. The highest BCUT2D eigenvalue weighted by Gasteiger charge is 2.28. The zero-order chi connectivity index (χ0) is 19.9. The molecule has 148 valence electrons. The van der Waals surface area contributed by atoms with Gasteiger partial charge in [-0.3, -0.25) is 0 Å². The van der Waals surface area contributed by atoms with E-state index in [2.05, 4.69) is 25.0 Å². The van der Waals surface area contributed by atoms with Gasteiger partial charge in [-0.05, 0) is 25.0 Å². The van der Waals surface area contributed by atoms with Gasteiger partial charge in [-0.25, -0.2) is 9.97 Å². The van der Waals surface area contributed by atoms with Crippen LogP contribution in [0, 0.1) is 0 Å². The van der Waals surface area contributed by atoms with Gasteiger partial charge in [0.25, 0.3) is 0 Å². The van der Waals surface area contributed by atoms with E-state index < -0.39 is 0 Å². The standard InChI is InChI=1S/C23H19N5O2/c1-2-6-15(7-3-1)21-26-23(30-27-21)16-10-12-28(13-11-16)22-20-19(24-14-25-22)17-8-4-5-9-18(17)29-20/h1-9,14,16H,10-13H2. The summed E-state index contributed by atoms with van der Waals surface area (Å²) in [5.74, 6) is 2.46. The quantitative estimate of drug-likeness (QED) is 0.432. The van der Waals surface area contributed by atoms with E-state index in [1.165, 1.54) is 0 Å². The summed E-state index contributed by atoms with van der Waals surface area (Å²) < 4.78 is 11.7. The van der Waals surface area contributed by atoms with E-state index in [0.717, 1.165) is 59.4 Å². The summed E-state index contributed by atoms with van der Waals surface area (Å²) in [5.41, 5.74) is 3.42. The highest BCUT2D eigenvalue weighted by atomic mass is 16.5. The molecule has 30 heavy (non-hydrogen) atoms. The van der Waals surface area contributed by atoms with E-state index in [1.807, 2.05) is 54.6 Å². The number of piperidine rings is 1. The molecule has 7 nitrogen and oxygen atoms in total. The molecular weight excluding hydrogens is 378 g/mol. The second-order valence-electron chi connectivity index (χ2n) is 7.56. The largest absolute Gasteiger partial charge is 0.450 e. The van der Waals surface area contributed by atoms with Crippen LogP contribution in [0.25, 0.3) is 33.5 Å². The Labute approximate surface area is 172 Å². The number of aromatic nitrogens is 4. The number of fused-ring (bicyclic) bond motifs is 3. The third kappa shape index (κ3) is 2.82. The third-order valence-electron chi connectivity index (χ3n) is 5.76. The van der Waals surface area contributed by atoms with Crippen molar-refractivity contribution < 1.29 is 8.94 Å². The maximum absolute atomic E-state index is 6.09. The van der Waals surface area contributed by atoms with E-state index in [9.17, 15) is 0 Å². The highest BCUT2D eigenvalue weighted by Crippen LogP contribution is 2.35. The van der Waals surface area contributed by atoms with E-state index >= 15 is 0 Å². The van der Waals surface area contributed by atoms with Gasteiger partial charge in [-0.2, -0.15) is 4.98 Å². The maximum Gasteiger partial charge on any atom is 0.230 e. The molecule has 6 rings (SSSR count). The molecule has 0 N–H and O–H groups in total. The molecule has 0 saturated carbocycles. The van der Waals surface area contributed by atoms with Gasteiger partial charge in [-0.15, -0.1) is 0 Å². The summed E-state index contributed by atoms with van der Waals surface area (Å²) in [7, 11) is 0. The fourth-order valence-corrected chi connectivity index (χ4v) is 4.18. The molecule has 0 radical (unpaired) electrons. The number of anilines is 1. The van der Waals surface area contributed by atoms with Gasteiger partial charge in [0.15, 0.2) is 11.4 Å². The topological polar surface area (TPSA) is 81.1 Å². The molecule has 7 heteroatoms. The lowest BCUT2D eigenvalue weighted by Gasteiger charge is -2.30. The highest BCUT2D eigenvalue weighted by molar-refractivity contribution is 6.05. The summed E-state index contributed by atoms with van der Waals surface area (Å²) >= 11 is 0. The van der Waals surface area contributed by atoms with Crippen LogP contribution in [0.3, 0.4) is 0 Å². The van der Waals surface area contributed by atoms with Crippen molar-refractivity contribution in [1.82, 2.24) is 20.1 Å². The Morgan fingerprint density at radius 3 is 2.57 bits per heavy atom. The molecule has 0 amide bonds. The van der Waals surface area contributed by atoms with Gasteiger partial charge in [0.2, 0.25) is 11.7 Å². The van der Waals surface area contributed by atoms with Gasteiger partial charge in [0.1, 0.15) is 17.4 Å². The molecule has 2 aromatic carbocycles. The number of hydrogen-bond donors (Lipinski definition) is 0. The van der Waals surface area contributed by atoms with Crippen LogP contribution >= 0.6 is 0 Å². The second kappa shape index (κ2) is 6.95. The van der Waals surface area contributed by atoms with Crippen molar-refractivity contribution in [2.75, 3.05) is 18.0 Å². The number of nitrogens with zero attached hydrogens (tertiary/aromatic N) is 5. The molecule has 0 atom stereocenters. The van der Waals surface area contributed by atoms with Crippen molar-refractivity contribution in [3.8, 4) is 11.4 Å². The summed E-state index contributed by atoms with van der Waals surface area (Å²) in [6, 6.07) is 17.9. The molecule has 0 aliphatic carbocycles. The fourth-order valence-electron chi connectivity index (χ4n) is 4.18. The Hall–Kier alpha value is -3.74. The van der Waals surface area contributed by atoms with Crippen LogP contribution in [0.15, 0.2) is 69.9 Å². The van der Waals surface area contributed by atoms with Crippen molar-refractivity contribution in [2.24, 2.45) is 0 Å². The Morgan fingerprint density at radius 1 is 0.900 bits per heavy atom. The number of benzene rings is 2. The molecular formula is C23H19N5O2. The van der Waals surface area contributed by atoms with Crippen LogP contribution < -0.4 is 4.90 Å². The van der Waals surface area contributed by atoms with E-state index in [-0.39, 0.29) is 5.92 Å². The average molecular weight is 397 g/mol. The van der Waals surface area contributed by atoms with Gasteiger partial charge in [-0.1, -0.05) is 47.6 Å². The predicted molar refractivity (Wildman–Crippen MR) is 113 cm³/mol. The molecule has 1 aliphatic rings. The summed E-state index contributed by atoms with van der Waals surface area (Å²) in [4.78, 5) is 15.9. The average Bonchev–Trinajstić information content (AvgIpc) is 3.45. The van der Waals surface area contributed by atoms with Crippen molar-refractivity contribution in [2.45, 2.75) is 18.8 Å². The normalized spacial score (nSPS) is 15.3. The van der Waals surface area contributed by atoms with Gasteiger partial charge >= 0.3 is 0 Å². The minimum Gasteiger partial charge on any atom is -0.450 e. The zero-order valence-corrected chi connectivity index (χ0v) is 16.2. The molecule has 1 saturated heterocycles. The van der Waals surface area contributed by atoms with Crippen LogP contribution in [-0.4, -0.2) is 33.2 Å².